The second-order valence-electron chi connectivity index (χ2n) is 2.67. The van der Waals surface area contributed by atoms with Gasteiger partial charge in [0, 0.05) is 0 Å². The molecular weight excluding hydrogens is 216 g/mol. The number of ether oxygens (including phenoxy) is 1. The number of carbonyl (C=O) groups is 1. The summed E-state index contributed by atoms with van der Waals surface area (Å²) in [6.07, 6.45) is 0. The molecule has 1 N–H and O–H groups in total. The molecule has 4 heteroatoms. The molecule has 0 amide bonds. The first kappa shape index (κ1) is 11.4. The average molecular weight is 225 g/mol. The van der Waals surface area contributed by atoms with Gasteiger partial charge in [-0.2, -0.15) is 0 Å². The third-order valence-corrected chi connectivity index (χ3v) is 1.95. The highest BCUT2D eigenvalue weighted by Gasteiger charge is 2.07. The van der Waals surface area contributed by atoms with Crippen LogP contribution >= 0.6 is 11.6 Å². The van der Waals surface area contributed by atoms with Crippen LogP contribution in [-0.2, 0) is 0 Å². The lowest BCUT2D eigenvalue weighted by Gasteiger charge is -2.04. The fourth-order valence-corrected chi connectivity index (χ4v) is 1.17. The van der Waals surface area contributed by atoms with Crippen LogP contribution in [0.1, 0.15) is 17.3 Å². The maximum atomic E-state index is 10.6. The molecule has 0 aliphatic carbocycles. The van der Waals surface area contributed by atoms with Gasteiger partial charge in [0.05, 0.1) is 10.6 Å². The van der Waals surface area contributed by atoms with Crippen LogP contribution in [0.5, 0.6) is 5.75 Å². The average Bonchev–Trinajstić information content (AvgIpc) is 2.20. The zero-order valence-corrected chi connectivity index (χ0v) is 8.84. The van der Waals surface area contributed by atoms with Crippen LogP contribution in [0.3, 0.4) is 0 Å². The van der Waals surface area contributed by atoms with Gasteiger partial charge in [0.2, 0.25) is 0 Å². The molecule has 0 saturated heterocycles. The van der Waals surface area contributed by atoms with Crippen LogP contribution in [0, 0.1) is 11.8 Å². The quantitative estimate of drug-likeness (QED) is 0.803. The van der Waals surface area contributed by atoms with Crippen molar-refractivity contribution in [2.24, 2.45) is 0 Å². The van der Waals surface area contributed by atoms with Crippen molar-refractivity contribution in [1.82, 2.24) is 0 Å². The van der Waals surface area contributed by atoms with Gasteiger partial charge in [-0.3, -0.25) is 0 Å². The van der Waals surface area contributed by atoms with Gasteiger partial charge in [-0.05, 0) is 25.1 Å². The van der Waals surface area contributed by atoms with Crippen LogP contribution in [0.25, 0.3) is 0 Å². The lowest BCUT2D eigenvalue weighted by Crippen LogP contribution is -1.98. The molecule has 0 saturated carbocycles. The van der Waals surface area contributed by atoms with Crippen molar-refractivity contribution >= 4 is 17.6 Å². The van der Waals surface area contributed by atoms with Crippen molar-refractivity contribution in [3.63, 3.8) is 0 Å². The third-order valence-electron chi connectivity index (χ3n) is 1.66. The molecule has 0 heterocycles. The molecule has 0 fully saturated rings. The molecule has 1 rings (SSSR count). The Labute approximate surface area is 92.6 Å². The van der Waals surface area contributed by atoms with Gasteiger partial charge in [-0.15, -0.1) is 5.92 Å². The first-order valence-electron chi connectivity index (χ1n) is 4.20. The minimum atomic E-state index is -1.02. The Morgan fingerprint density at radius 2 is 2.33 bits per heavy atom. The Kier molecular flexibility index (Phi) is 4.02. The van der Waals surface area contributed by atoms with Crippen molar-refractivity contribution < 1.29 is 14.6 Å². The second kappa shape index (κ2) is 5.28. The van der Waals surface area contributed by atoms with Crippen LogP contribution in [0.15, 0.2) is 18.2 Å². The van der Waals surface area contributed by atoms with Gasteiger partial charge in [-0.25, -0.2) is 4.79 Å². The SMILES string of the molecule is CC#CCOc1ccc(C(=O)O)cc1Cl. The molecule has 1 aromatic rings. The number of aromatic carboxylic acids is 1. The number of carboxylic acid groups (broad SMARTS) is 1. The van der Waals surface area contributed by atoms with Crippen LogP contribution < -0.4 is 4.74 Å². The first-order chi connectivity index (χ1) is 7.15. The summed E-state index contributed by atoms with van der Waals surface area (Å²) in [6.45, 7) is 1.95. The number of carboxylic acids is 1. The molecule has 78 valence electrons. The highest BCUT2D eigenvalue weighted by molar-refractivity contribution is 6.32. The standard InChI is InChI=1S/C11H9ClO3/c1-2-3-6-15-10-5-4-8(11(13)14)7-9(10)12/h4-5,7H,6H2,1H3,(H,13,14). The summed E-state index contributed by atoms with van der Waals surface area (Å²) in [5.74, 6) is 4.81. The third kappa shape index (κ3) is 3.19. The summed E-state index contributed by atoms with van der Waals surface area (Å²) < 4.78 is 5.21. The van der Waals surface area contributed by atoms with E-state index in [4.69, 9.17) is 21.4 Å². The highest BCUT2D eigenvalue weighted by Crippen LogP contribution is 2.25. The van der Waals surface area contributed by atoms with E-state index in [1.54, 1.807) is 6.92 Å². The van der Waals surface area contributed by atoms with E-state index >= 15 is 0 Å². The van der Waals surface area contributed by atoms with Crippen LogP contribution in [0.4, 0.5) is 0 Å². The first-order valence-corrected chi connectivity index (χ1v) is 4.58. The molecule has 3 nitrogen and oxygen atoms in total. The van der Waals surface area contributed by atoms with E-state index in [1.807, 2.05) is 0 Å². The number of halogens is 1. The number of hydrogen-bond donors (Lipinski definition) is 1. The number of rotatable bonds is 3. The maximum absolute atomic E-state index is 10.6. The zero-order valence-electron chi connectivity index (χ0n) is 8.08. The molecule has 0 atom stereocenters. The smallest absolute Gasteiger partial charge is 0.335 e. The molecule has 1 aromatic carbocycles. The van der Waals surface area contributed by atoms with Crippen LogP contribution in [-0.4, -0.2) is 17.7 Å². The minimum Gasteiger partial charge on any atom is -0.479 e. The Morgan fingerprint density at radius 1 is 1.60 bits per heavy atom. The summed E-state index contributed by atoms with van der Waals surface area (Å²) in [4.78, 5) is 10.6. The van der Waals surface area contributed by atoms with E-state index in [2.05, 4.69) is 11.8 Å². The van der Waals surface area contributed by atoms with Crippen LogP contribution in [0.2, 0.25) is 5.02 Å². The lowest BCUT2D eigenvalue weighted by molar-refractivity contribution is 0.0697. The van der Waals surface area contributed by atoms with E-state index in [0.29, 0.717) is 5.75 Å². The number of benzene rings is 1. The molecule has 0 bridgehead atoms. The summed E-state index contributed by atoms with van der Waals surface area (Å²) in [5.41, 5.74) is 0.133. The van der Waals surface area contributed by atoms with E-state index in [1.165, 1.54) is 18.2 Å². The Morgan fingerprint density at radius 3 is 2.87 bits per heavy atom. The Bertz CT molecular complexity index is 429. The molecular formula is C11H9ClO3. The molecule has 0 unspecified atom stereocenters. The van der Waals surface area contributed by atoms with Gasteiger partial charge < -0.3 is 9.84 Å². The summed E-state index contributed by atoms with van der Waals surface area (Å²) in [7, 11) is 0. The Hall–Kier alpha value is -1.66. The summed E-state index contributed by atoms with van der Waals surface area (Å²) in [6, 6.07) is 4.30. The second-order valence-corrected chi connectivity index (χ2v) is 3.07. The largest absolute Gasteiger partial charge is 0.479 e. The van der Waals surface area contributed by atoms with Gasteiger partial charge >= 0.3 is 5.97 Å². The van der Waals surface area contributed by atoms with Gasteiger partial charge in [0.25, 0.3) is 0 Å². The molecule has 0 aliphatic rings. The predicted molar refractivity (Wildman–Crippen MR) is 57.4 cm³/mol. The predicted octanol–water partition coefficient (Wildman–Crippen LogP) is 2.44. The Balaban J connectivity index is 2.82. The topological polar surface area (TPSA) is 46.5 Å². The lowest BCUT2D eigenvalue weighted by atomic mass is 10.2. The highest BCUT2D eigenvalue weighted by atomic mass is 35.5. The van der Waals surface area contributed by atoms with E-state index in [0.717, 1.165) is 0 Å². The van der Waals surface area contributed by atoms with E-state index in [-0.39, 0.29) is 17.2 Å². The van der Waals surface area contributed by atoms with Crippen molar-refractivity contribution in [2.75, 3.05) is 6.61 Å². The van der Waals surface area contributed by atoms with Crippen molar-refractivity contribution in [2.45, 2.75) is 6.92 Å². The van der Waals surface area contributed by atoms with Crippen molar-refractivity contribution in [3.8, 4) is 17.6 Å². The molecule has 15 heavy (non-hydrogen) atoms. The van der Waals surface area contributed by atoms with Crippen molar-refractivity contribution in [3.05, 3.63) is 28.8 Å². The van der Waals surface area contributed by atoms with E-state index in [9.17, 15) is 4.79 Å². The molecule has 0 aliphatic heterocycles. The fraction of sp³-hybridized carbons (Fsp3) is 0.182. The normalized spacial score (nSPS) is 8.93. The van der Waals surface area contributed by atoms with Gasteiger partial charge in [-0.1, -0.05) is 17.5 Å². The maximum Gasteiger partial charge on any atom is 0.335 e. The monoisotopic (exact) mass is 224 g/mol. The summed E-state index contributed by atoms with van der Waals surface area (Å²) in [5, 5.41) is 8.96. The van der Waals surface area contributed by atoms with Gasteiger partial charge in [0.1, 0.15) is 12.4 Å². The molecule has 0 spiro atoms. The molecule has 0 aromatic heterocycles. The summed E-state index contributed by atoms with van der Waals surface area (Å²) >= 11 is 5.82. The minimum absolute atomic E-state index is 0.133. The van der Waals surface area contributed by atoms with Crippen molar-refractivity contribution in [1.29, 1.82) is 0 Å². The fourth-order valence-electron chi connectivity index (χ4n) is 0.937. The van der Waals surface area contributed by atoms with E-state index < -0.39 is 5.97 Å². The number of hydrogen-bond acceptors (Lipinski definition) is 2. The van der Waals surface area contributed by atoms with Gasteiger partial charge in [0.15, 0.2) is 0 Å². The zero-order chi connectivity index (χ0) is 11.3. The molecule has 0 radical (unpaired) electrons.